The summed E-state index contributed by atoms with van der Waals surface area (Å²) in [5.74, 6) is 0.730. The Morgan fingerprint density at radius 2 is 1.76 bits per heavy atom. The highest BCUT2D eigenvalue weighted by Gasteiger charge is 2.09. The Morgan fingerprint density at radius 3 is 2.32 bits per heavy atom. The molecule has 5 nitrogen and oxygen atoms in total. The minimum absolute atomic E-state index is 0.0554. The summed E-state index contributed by atoms with van der Waals surface area (Å²) in [6.07, 6.45) is 1.05. The zero-order valence-electron chi connectivity index (χ0n) is 15.1. The van der Waals surface area contributed by atoms with Crippen LogP contribution in [0.2, 0.25) is 0 Å². The van der Waals surface area contributed by atoms with Crippen LogP contribution in [0.4, 0.5) is 5.69 Å². The Balaban J connectivity index is 1.90. The number of anilines is 1. The third kappa shape index (κ3) is 5.08. The van der Waals surface area contributed by atoms with Crippen molar-refractivity contribution in [2.45, 2.75) is 19.8 Å². The number of hydrogen-bond acceptors (Lipinski definition) is 3. The Hall–Kier alpha value is -2.82. The number of methoxy groups -OCH3 is 1. The number of benzene rings is 2. The lowest BCUT2D eigenvalue weighted by Gasteiger charge is -2.11. The fraction of sp³-hybridized carbons (Fsp3) is 0.300. The lowest BCUT2D eigenvalue weighted by molar-refractivity contribution is -0.116. The van der Waals surface area contributed by atoms with E-state index in [-0.39, 0.29) is 11.8 Å². The zero-order valence-corrected chi connectivity index (χ0v) is 15.1. The largest absolute Gasteiger partial charge is 0.496 e. The number of amides is 2. The van der Waals surface area contributed by atoms with Crippen LogP contribution in [0.5, 0.6) is 5.75 Å². The van der Waals surface area contributed by atoms with Gasteiger partial charge in [-0.25, -0.2) is 0 Å². The van der Waals surface area contributed by atoms with Crippen LogP contribution in [0.25, 0.3) is 0 Å². The van der Waals surface area contributed by atoms with Crippen LogP contribution >= 0.6 is 0 Å². The van der Waals surface area contributed by atoms with E-state index in [2.05, 4.69) is 5.32 Å². The molecule has 0 aliphatic rings. The van der Waals surface area contributed by atoms with E-state index in [1.807, 2.05) is 25.1 Å². The first-order chi connectivity index (χ1) is 11.9. The Kier molecular flexibility index (Phi) is 6.17. The highest BCUT2D eigenvalue weighted by molar-refractivity contribution is 5.95. The maximum absolute atomic E-state index is 12.1. The van der Waals surface area contributed by atoms with Crippen molar-refractivity contribution in [3.63, 3.8) is 0 Å². The molecule has 0 bridgehead atoms. The van der Waals surface area contributed by atoms with Crippen molar-refractivity contribution in [3.05, 3.63) is 59.2 Å². The molecule has 2 rings (SSSR count). The lowest BCUT2D eigenvalue weighted by atomic mass is 10.1. The van der Waals surface area contributed by atoms with Crippen molar-refractivity contribution in [2.75, 3.05) is 26.5 Å². The number of nitrogens with one attached hydrogen (secondary N) is 1. The van der Waals surface area contributed by atoms with Gasteiger partial charge in [-0.15, -0.1) is 0 Å². The van der Waals surface area contributed by atoms with E-state index in [1.165, 1.54) is 4.90 Å². The van der Waals surface area contributed by atoms with E-state index in [4.69, 9.17) is 4.74 Å². The van der Waals surface area contributed by atoms with E-state index >= 15 is 0 Å². The van der Waals surface area contributed by atoms with E-state index in [0.29, 0.717) is 24.1 Å². The van der Waals surface area contributed by atoms with Gasteiger partial charge in [-0.05, 0) is 54.8 Å². The predicted octanol–water partition coefficient (Wildman–Crippen LogP) is 3.28. The maximum atomic E-state index is 12.1. The number of aryl methyl sites for hydroxylation is 2. The van der Waals surface area contributed by atoms with E-state index < -0.39 is 0 Å². The fourth-order valence-electron chi connectivity index (χ4n) is 2.53. The smallest absolute Gasteiger partial charge is 0.253 e. The molecule has 2 aromatic rings. The maximum Gasteiger partial charge on any atom is 0.253 e. The van der Waals surface area contributed by atoms with Crippen LogP contribution in [0.3, 0.4) is 0 Å². The Morgan fingerprint density at radius 1 is 1.08 bits per heavy atom. The molecule has 0 atom stereocenters. The first kappa shape index (κ1) is 18.5. The standard InChI is InChI=1S/C20H24N2O3/c1-14-13-15(5-11-18(14)25-4)6-12-19(23)21-17-9-7-16(8-10-17)20(24)22(2)3/h5,7-11,13H,6,12H2,1-4H3,(H,21,23). The van der Waals surface area contributed by atoms with Crippen LogP contribution in [-0.4, -0.2) is 37.9 Å². The molecule has 132 valence electrons. The second-order valence-corrected chi connectivity index (χ2v) is 6.13. The molecular formula is C20H24N2O3. The monoisotopic (exact) mass is 340 g/mol. The molecule has 0 heterocycles. The van der Waals surface area contributed by atoms with E-state index in [1.54, 1.807) is 45.5 Å². The van der Waals surface area contributed by atoms with Crippen LogP contribution in [0, 0.1) is 6.92 Å². The summed E-state index contributed by atoms with van der Waals surface area (Å²) in [7, 11) is 5.06. The van der Waals surface area contributed by atoms with Gasteiger partial charge >= 0.3 is 0 Å². The number of ether oxygens (including phenoxy) is 1. The summed E-state index contributed by atoms with van der Waals surface area (Å²) in [5.41, 5.74) is 3.44. The van der Waals surface area contributed by atoms with Crippen LogP contribution in [0.1, 0.15) is 27.9 Å². The van der Waals surface area contributed by atoms with Gasteiger partial charge in [0.25, 0.3) is 5.91 Å². The van der Waals surface area contributed by atoms with Crippen molar-refractivity contribution in [2.24, 2.45) is 0 Å². The molecule has 0 aliphatic heterocycles. The molecule has 0 fully saturated rings. The summed E-state index contributed by atoms with van der Waals surface area (Å²) in [6, 6.07) is 12.8. The highest BCUT2D eigenvalue weighted by Crippen LogP contribution is 2.19. The van der Waals surface area contributed by atoms with Gasteiger partial charge in [-0.2, -0.15) is 0 Å². The fourth-order valence-corrected chi connectivity index (χ4v) is 2.53. The van der Waals surface area contributed by atoms with Crippen molar-refractivity contribution >= 4 is 17.5 Å². The summed E-state index contributed by atoms with van der Waals surface area (Å²) in [4.78, 5) is 25.5. The molecule has 0 aromatic heterocycles. The molecule has 0 aliphatic carbocycles. The molecule has 5 heteroatoms. The molecule has 0 saturated carbocycles. The van der Waals surface area contributed by atoms with E-state index in [0.717, 1.165) is 16.9 Å². The van der Waals surface area contributed by atoms with Crippen molar-refractivity contribution in [3.8, 4) is 5.75 Å². The number of carbonyl (C=O) groups excluding carboxylic acids is 2. The SMILES string of the molecule is COc1ccc(CCC(=O)Nc2ccc(C(=O)N(C)C)cc2)cc1C. The molecule has 0 spiro atoms. The van der Waals surface area contributed by atoms with Gasteiger partial charge in [-0.3, -0.25) is 9.59 Å². The molecule has 0 radical (unpaired) electrons. The second-order valence-electron chi connectivity index (χ2n) is 6.13. The molecule has 0 unspecified atom stereocenters. The van der Waals surface area contributed by atoms with Crippen LogP contribution in [0.15, 0.2) is 42.5 Å². The van der Waals surface area contributed by atoms with Gasteiger partial charge in [-0.1, -0.05) is 12.1 Å². The summed E-state index contributed by atoms with van der Waals surface area (Å²) in [5, 5.41) is 2.86. The predicted molar refractivity (Wildman–Crippen MR) is 99.1 cm³/mol. The molecular weight excluding hydrogens is 316 g/mol. The van der Waals surface area contributed by atoms with E-state index in [9.17, 15) is 9.59 Å². The van der Waals surface area contributed by atoms with Crippen molar-refractivity contribution in [1.82, 2.24) is 4.90 Å². The molecule has 25 heavy (non-hydrogen) atoms. The highest BCUT2D eigenvalue weighted by atomic mass is 16.5. The molecule has 2 aromatic carbocycles. The third-order valence-electron chi connectivity index (χ3n) is 3.92. The second kappa shape index (κ2) is 8.33. The van der Waals surface area contributed by atoms with Crippen LogP contribution < -0.4 is 10.1 Å². The van der Waals surface area contributed by atoms with Gasteiger partial charge in [0.1, 0.15) is 5.75 Å². The van der Waals surface area contributed by atoms with Gasteiger partial charge in [0.15, 0.2) is 0 Å². The molecule has 2 amide bonds. The number of rotatable bonds is 6. The number of nitrogens with zero attached hydrogens (tertiary/aromatic N) is 1. The van der Waals surface area contributed by atoms with Gasteiger partial charge < -0.3 is 15.0 Å². The van der Waals surface area contributed by atoms with Crippen molar-refractivity contribution < 1.29 is 14.3 Å². The van der Waals surface area contributed by atoms with Gasteiger partial charge in [0.2, 0.25) is 5.91 Å². The number of carbonyl (C=O) groups is 2. The average molecular weight is 340 g/mol. The quantitative estimate of drug-likeness (QED) is 0.878. The van der Waals surface area contributed by atoms with Gasteiger partial charge in [0.05, 0.1) is 7.11 Å². The van der Waals surface area contributed by atoms with Crippen LogP contribution in [-0.2, 0) is 11.2 Å². The first-order valence-corrected chi connectivity index (χ1v) is 8.16. The molecule has 1 N–H and O–H groups in total. The summed E-state index contributed by atoms with van der Waals surface area (Å²) >= 11 is 0. The first-order valence-electron chi connectivity index (χ1n) is 8.16. The average Bonchev–Trinajstić information content (AvgIpc) is 2.60. The normalized spacial score (nSPS) is 10.2. The Bertz CT molecular complexity index is 752. The number of hydrogen-bond donors (Lipinski definition) is 1. The summed E-state index contributed by atoms with van der Waals surface area (Å²) < 4.78 is 5.24. The van der Waals surface area contributed by atoms with Crippen molar-refractivity contribution in [1.29, 1.82) is 0 Å². The zero-order chi connectivity index (χ0) is 18.4. The summed E-state index contributed by atoms with van der Waals surface area (Å²) in [6.45, 7) is 1.99. The van der Waals surface area contributed by atoms with Gasteiger partial charge in [0, 0.05) is 31.8 Å². The third-order valence-corrected chi connectivity index (χ3v) is 3.92. The minimum Gasteiger partial charge on any atom is -0.496 e. The lowest BCUT2D eigenvalue weighted by Crippen LogP contribution is -2.21. The minimum atomic E-state index is -0.0623. The topological polar surface area (TPSA) is 58.6 Å². The Labute approximate surface area is 148 Å². The molecule has 0 saturated heterocycles.